The first-order chi connectivity index (χ1) is 9.06. The SMILES string of the molecule is CC(C)N1CCCC(Nc2cc(F)ccc2Br)CC1. The summed E-state index contributed by atoms with van der Waals surface area (Å²) in [6.07, 6.45) is 3.45. The molecule has 1 atom stereocenters. The van der Waals surface area contributed by atoms with Gasteiger partial charge in [-0.3, -0.25) is 0 Å². The molecule has 106 valence electrons. The molecule has 4 heteroatoms. The lowest BCUT2D eigenvalue weighted by atomic mass is 10.1. The molecule has 1 saturated heterocycles. The van der Waals surface area contributed by atoms with Crippen molar-refractivity contribution in [3.63, 3.8) is 0 Å². The van der Waals surface area contributed by atoms with Crippen molar-refractivity contribution in [2.45, 2.75) is 45.2 Å². The first-order valence-corrected chi connectivity index (χ1v) is 7.81. The summed E-state index contributed by atoms with van der Waals surface area (Å²) in [6.45, 7) is 6.77. The zero-order valence-electron chi connectivity index (χ0n) is 11.6. The number of likely N-dealkylation sites (tertiary alicyclic amines) is 1. The fourth-order valence-corrected chi connectivity index (χ4v) is 2.97. The van der Waals surface area contributed by atoms with E-state index in [2.05, 4.69) is 40.0 Å². The van der Waals surface area contributed by atoms with Crippen LogP contribution in [0.25, 0.3) is 0 Å². The molecule has 0 aliphatic carbocycles. The third kappa shape index (κ3) is 4.18. The van der Waals surface area contributed by atoms with E-state index in [-0.39, 0.29) is 5.82 Å². The van der Waals surface area contributed by atoms with Crippen molar-refractivity contribution < 1.29 is 4.39 Å². The summed E-state index contributed by atoms with van der Waals surface area (Å²) in [7, 11) is 0. The van der Waals surface area contributed by atoms with Gasteiger partial charge in [0.1, 0.15) is 5.82 Å². The number of nitrogens with one attached hydrogen (secondary N) is 1. The molecule has 1 heterocycles. The Morgan fingerprint density at radius 2 is 2.11 bits per heavy atom. The Labute approximate surface area is 123 Å². The molecule has 1 aromatic rings. The molecular formula is C15H22BrFN2. The van der Waals surface area contributed by atoms with E-state index in [0.29, 0.717) is 12.1 Å². The summed E-state index contributed by atoms with van der Waals surface area (Å²) < 4.78 is 14.2. The zero-order chi connectivity index (χ0) is 13.8. The third-order valence-electron chi connectivity index (χ3n) is 3.78. The first kappa shape index (κ1) is 14.8. The number of hydrogen-bond acceptors (Lipinski definition) is 2. The van der Waals surface area contributed by atoms with Gasteiger partial charge in [-0.05, 0) is 73.8 Å². The van der Waals surface area contributed by atoms with E-state index in [0.717, 1.165) is 29.5 Å². The van der Waals surface area contributed by atoms with Crippen LogP contribution in [-0.2, 0) is 0 Å². The van der Waals surface area contributed by atoms with Crippen molar-refractivity contribution in [3.05, 3.63) is 28.5 Å². The number of benzene rings is 1. The monoisotopic (exact) mass is 328 g/mol. The number of anilines is 1. The molecule has 0 spiro atoms. The molecule has 1 fully saturated rings. The maximum absolute atomic E-state index is 13.3. The molecular weight excluding hydrogens is 307 g/mol. The highest BCUT2D eigenvalue weighted by Crippen LogP contribution is 2.26. The van der Waals surface area contributed by atoms with Crippen LogP contribution in [-0.4, -0.2) is 30.1 Å². The van der Waals surface area contributed by atoms with Gasteiger partial charge in [-0.2, -0.15) is 0 Å². The van der Waals surface area contributed by atoms with Crippen LogP contribution in [0.1, 0.15) is 33.1 Å². The lowest BCUT2D eigenvalue weighted by Gasteiger charge is -2.24. The van der Waals surface area contributed by atoms with Gasteiger partial charge in [-0.1, -0.05) is 0 Å². The Hall–Kier alpha value is -0.610. The smallest absolute Gasteiger partial charge is 0.125 e. The van der Waals surface area contributed by atoms with Crippen LogP contribution in [0.3, 0.4) is 0 Å². The molecule has 19 heavy (non-hydrogen) atoms. The number of hydrogen-bond donors (Lipinski definition) is 1. The minimum Gasteiger partial charge on any atom is -0.381 e. The summed E-state index contributed by atoms with van der Waals surface area (Å²) in [5.74, 6) is -0.192. The number of halogens is 2. The minimum atomic E-state index is -0.192. The van der Waals surface area contributed by atoms with Crippen LogP contribution in [0.4, 0.5) is 10.1 Å². The Kier molecular flexibility index (Phi) is 5.22. The van der Waals surface area contributed by atoms with Gasteiger partial charge in [0, 0.05) is 23.1 Å². The number of rotatable bonds is 3. The molecule has 1 aliphatic rings. The fourth-order valence-electron chi connectivity index (χ4n) is 2.61. The average Bonchev–Trinajstić information content (AvgIpc) is 2.59. The van der Waals surface area contributed by atoms with Crippen LogP contribution in [0.5, 0.6) is 0 Å². The minimum absolute atomic E-state index is 0.192. The fraction of sp³-hybridized carbons (Fsp3) is 0.600. The maximum atomic E-state index is 13.3. The summed E-state index contributed by atoms with van der Waals surface area (Å²) in [4.78, 5) is 2.52. The van der Waals surface area contributed by atoms with Crippen LogP contribution in [0.15, 0.2) is 22.7 Å². The summed E-state index contributed by atoms with van der Waals surface area (Å²) in [5.41, 5.74) is 0.864. The quantitative estimate of drug-likeness (QED) is 0.891. The zero-order valence-corrected chi connectivity index (χ0v) is 13.2. The van der Waals surface area contributed by atoms with Gasteiger partial charge in [-0.15, -0.1) is 0 Å². The second-order valence-corrected chi connectivity index (χ2v) is 6.38. The second kappa shape index (κ2) is 6.71. The Morgan fingerprint density at radius 1 is 1.32 bits per heavy atom. The molecule has 2 nitrogen and oxygen atoms in total. The van der Waals surface area contributed by atoms with Crippen molar-refractivity contribution in [1.82, 2.24) is 4.90 Å². The van der Waals surface area contributed by atoms with Crippen LogP contribution in [0.2, 0.25) is 0 Å². The highest BCUT2D eigenvalue weighted by molar-refractivity contribution is 9.10. The van der Waals surface area contributed by atoms with Gasteiger partial charge < -0.3 is 10.2 Å². The van der Waals surface area contributed by atoms with Crippen molar-refractivity contribution in [2.24, 2.45) is 0 Å². The van der Waals surface area contributed by atoms with Crippen LogP contribution < -0.4 is 5.32 Å². The Bertz CT molecular complexity index is 423. The molecule has 1 N–H and O–H groups in total. The van der Waals surface area contributed by atoms with E-state index >= 15 is 0 Å². The highest BCUT2D eigenvalue weighted by atomic mass is 79.9. The van der Waals surface area contributed by atoms with Crippen molar-refractivity contribution >= 4 is 21.6 Å². The molecule has 1 aliphatic heterocycles. The van der Waals surface area contributed by atoms with E-state index in [4.69, 9.17) is 0 Å². The first-order valence-electron chi connectivity index (χ1n) is 7.02. The van der Waals surface area contributed by atoms with E-state index in [1.165, 1.54) is 19.0 Å². The topological polar surface area (TPSA) is 15.3 Å². The van der Waals surface area contributed by atoms with Gasteiger partial charge in [-0.25, -0.2) is 4.39 Å². The predicted molar refractivity (Wildman–Crippen MR) is 82.1 cm³/mol. The normalized spacial score (nSPS) is 21.4. The van der Waals surface area contributed by atoms with Crippen LogP contribution in [0, 0.1) is 5.82 Å². The predicted octanol–water partition coefficient (Wildman–Crippen LogP) is 4.26. The molecule has 0 saturated carbocycles. The summed E-state index contributed by atoms with van der Waals surface area (Å²) in [6, 6.07) is 5.84. The molecule has 1 unspecified atom stereocenters. The lowest BCUT2D eigenvalue weighted by molar-refractivity contribution is 0.230. The van der Waals surface area contributed by atoms with Gasteiger partial charge in [0.15, 0.2) is 0 Å². The molecule has 0 aromatic heterocycles. The summed E-state index contributed by atoms with van der Waals surface area (Å²) in [5, 5.41) is 3.48. The maximum Gasteiger partial charge on any atom is 0.125 e. The number of nitrogens with zero attached hydrogens (tertiary/aromatic N) is 1. The average molecular weight is 329 g/mol. The van der Waals surface area contributed by atoms with E-state index in [1.807, 2.05) is 0 Å². The van der Waals surface area contributed by atoms with Gasteiger partial charge >= 0.3 is 0 Å². The van der Waals surface area contributed by atoms with Crippen LogP contribution >= 0.6 is 15.9 Å². The Morgan fingerprint density at radius 3 is 2.84 bits per heavy atom. The van der Waals surface area contributed by atoms with Crippen molar-refractivity contribution in [1.29, 1.82) is 0 Å². The Balaban J connectivity index is 1.98. The molecule has 0 bridgehead atoms. The largest absolute Gasteiger partial charge is 0.381 e. The van der Waals surface area contributed by atoms with Crippen molar-refractivity contribution in [3.8, 4) is 0 Å². The van der Waals surface area contributed by atoms with E-state index < -0.39 is 0 Å². The van der Waals surface area contributed by atoms with E-state index in [9.17, 15) is 4.39 Å². The molecule has 0 amide bonds. The molecule has 0 radical (unpaired) electrons. The molecule has 2 rings (SSSR count). The lowest BCUT2D eigenvalue weighted by Crippen LogP contribution is -2.32. The third-order valence-corrected chi connectivity index (χ3v) is 4.47. The second-order valence-electron chi connectivity index (χ2n) is 5.53. The highest BCUT2D eigenvalue weighted by Gasteiger charge is 2.19. The standard InChI is InChI=1S/C15H22BrFN2/c1-11(2)19-8-3-4-13(7-9-19)18-15-10-12(17)5-6-14(15)16/h5-6,10-11,13,18H,3-4,7-9H2,1-2H3. The van der Waals surface area contributed by atoms with E-state index in [1.54, 1.807) is 12.1 Å². The van der Waals surface area contributed by atoms with Gasteiger partial charge in [0.25, 0.3) is 0 Å². The molecule has 1 aromatic carbocycles. The van der Waals surface area contributed by atoms with Crippen molar-refractivity contribution in [2.75, 3.05) is 18.4 Å². The van der Waals surface area contributed by atoms with Gasteiger partial charge in [0.2, 0.25) is 0 Å². The van der Waals surface area contributed by atoms with Gasteiger partial charge in [0.05, 0.1) is 5.69 Å². The summed E-state index contributed by atoms with van der Waals surface area (Å²) >= 11 is 3.47.